The van der Waals surface area contributed by atoms with Gasteiger partial charge in [-0.3, -0.25) is 0 Å². The highest BCUT2D eigenvalue weighted by molar-refractivity contribution is 5.76. The van der Waals surface area contributed by atoms with Crippen LogP contribution in [0.4, 0.5) is 0 Å². The average Bonchev–Trinajstić information content (AvgIpc) is 3.28. The van der Waals surface area contributed by atoms with Gasteiger partial charge < -0.3 is 14.0 Å². The number of hydrogen-bond donors (Lipinski definition) is 0. The number of rotatable bonds is 7. The molecule has 0 amide bonds. The van der Waals surface area contributed by atoms with Crippen LogP contribution in [0.25, 0.3) is 11.0 Å². The zero-order chi connectivity index (χ0) is 18.6. The number of benzene rings is 2. The van der Waals surface area contributed by atoms with Gasteiger partial charge in [0.05, 0.1) is 17.6 Å². The standard InChI is InChI=1S/C23H28N2O2/c1-17-14-18(2)16-19(15-17)26-12-6-5-11-25-21-9-4-3-8-20(21)24-23(25)22-10-7-13-27-22/h3-4,8-9,14-16,22H,5-7,10-13H2,1-2H3. The molecular formula is C23H28N2O2. The van der Waals surface area contributed by atoms with E-state index in [1.54, 1.807) is 0 Å². The maximum absolute atomic E-state index is 5.96. The Labute approximate surface area is 161 Å². The number of aromatic nitrogens is 2. The first-order valence-corrected chi connectivity index (χ1v) is 9.98. The van der Waals surface area contributed by atoms with E-state index in [1.807, 2.05) is 0 Å². The molecule has 1 fully saturated rings. The van der Waals surface area contributed by atoms with E-state index in [1.165, 1.54) is 16.6 Å². The first-order chi connectivity index (χ1) is 13.2. The molecule has 0 radical (unpaired) electrons. The molecule has 1 aliphatic rings. The Morgan fingerprint density at radius 3 is 2.70 bits per heavy atom. The molecule has 4 heteroatoms. The first kappa shape index (κ1) is 18.1. The van der Waals surface area contributed by atoms with Gasteiger partial charge in [0.15, 0.2) is 0 Å². The van der Waals surface area contributed by atoms with Crippen LogP contribution in [0.15, 0.2) is 42.5 Å². The highest BCUT2D eigenvalue weighted by atomic mass is 16.5. The summed E-state index contributed by atoms with van der Waals surface area (Å²) in [5, 5.41) is 0. The van der Waals surface area contributed by atoms with Gasteiger partial charge in [0.25, 0.3) is 0 Å². The minimum atomic E-state index is 0.143. The van der Waals surface area contributed by atoms with E-state index in [2.05, 4.69) is 60.9 Å². The lowest BCUT2D eigenvalue weighted by atomic mass is 10.1. The van der Waals surface area contributed by atoms with Crippen molar-refractivity contribution >= 4 is 11.0 Å². The lowest BCUT2D eigenvalue weighted by Gasteiger charge is -2.14. The van der Waals surface area contributed by atoms with Gasteiger partial charge in [-0.15, -0.1) is 0 Å². The molecule has 1 unspecified atom stereocenters. The van der Waals surface area contributed by atoms with E-state index in [4.69, 9.17) is 14.5 Å². The van der Waals surface area contributed by atoms with Crippen molar-refractivity contribution in [2.75, 3.05) is 13.2 Å². The third-order valence-corrected chi connectivity index (χ3v) is 5.14. The van der Waals surface area contributed by atoms with Crippen molar-refractivity contribution in [2.45, 2.75) is 52.2 Å². The number of unbranched alkanes of at least 4 members (excludes halogenated alkanes) is 1. The van der Waals surface area contributed by atoms with Crippen molar-refractivity contribution in [3.63, 3.8) is 0 Å². The second-order valence-electron chi connectivity index (χ2n) is 7.49. The topological polar surface area (TPSA) is 36.3 Å². The van der Waals surface area contributed by atoms with Gasteiger partial charge in [0, 0.05) is 13.2 Å². The molecule has 2 aromatic carbocycles. The van der Waals surface area contributed by atoms with E-state index >= 15 is 0 Å². The monoisotopic (exact) mass is 364 g/mol. The summed E-state index contributed by atoms with van der Waals surface area (Å²) in [7, 11) is 0. The largest absolute Gasteiger partial charge is 0.494 e. The SMILES string of the molecule is Cc1cc(C)cc(OCCCCn2c(C3CCCO3)nc3ccccc32)c1. The molecule has 1 aromatic heterocycles. The maximum Gasteiger partial charge on any atom is 0.139 e. The third-order valence-electron chi connectivity index (χ3n) is 5.14. The van der Waals surface area contributed by atoms with Crippen LogP contribution in [0.1, 0.15) is 48.7 Å². The van der Waals surface area contributed by atoms with E-state index < -0.39 is 0 Å². The van der Waals surface area contributed by atoms with E-state index in [0.717, 1.165) is 62.5 Å². The van der Waals surface area contributed by atoms with Crippen molar-refractivity contribution in [1.82, 2.24) is 9.55 Å². The zero-order valence-electron chi connectivity index (χ0n) is 16.3. The van der Waals surface area contributed by atoms with E-state index in [9.17, 15) is 0 Å². The minimum absolute atomic E-state index is 0.143. The van der Waals surface area contributed by atoms with Gasteiger partial charge in [-0.2, -0.15) is 0 Å². The van der Waals surface area contributed by atoms with Crippen LogP contribution in [0.2, 0.25) is 0 Å². The fourth-order valence-electron chi connectivity index (χ4n) is 3.93. The fourth-order valence-corrected chi connectivity index (χ4v) is 3.93. The van der Waals surface area contributed by atoms with Crippen LogP contribution >= 0.6 is 0 Å². The van der Waals surface area contributed by atoms with E-state index in [0.29, 0.717) is 0 Å². The summed E-state index contributed by atoms with van der Waals surface area (Å²) in [6.45, 7) is 6.75. The molecule has 0 bridgehead atoms. The smallest absolute Gasteiger partial charge is 0.139 e. The number of aryl methyl sites for hydroxylation is 3. The Bertz CT molecular complexity index is 890. The number of nitrogens with zero attached hydrogens (tertiary/aromatic N) is 2. The molecule has 2 heterocycles. The molecule has 1 atom stereocenters. The van der Waals surface area contributed by atoms with Crippen LogP contribution in [0, 0.1) is 13.8 Å². The van der Waals surface area contributed by atoms with Crippen LogP contribution in [0.5, 0.6) is 5.75 Å². The predicted molar refractivity (Wildman–Crippen MR) is 108 cm³/mol. The number of fused-ring (bicyclic) bond motifs is 1. The molecule has 3 aromatic rings. The second-order valence-corrected chi connectivity index (χ2v) is 7.49. The summed E-state index contributed by atoms with van der Waals surface area (Å²) in [5.41, 5.74) is 4.76. The maximum atomic E-state index is 5.96. The number of imidazole rings is 1. The quantitative estimate of drug-likeness (QED) is 0.529. The van der Waals surface area contributed by atoms with Crippen LogP contribution < -0.4 is 4.74 Å². The Balaban J connectivity index is 1.39. The van der Waals surface area contributed by atoms with Crippen molar-refractivity contribution in [3.8, 4) is 5.75 Å². The summed E-state index contributed by atoms with van der Waals surface area (Å²) in [6, 6.07) is 14.8. The lowest BCUT2D eigenvalue weighted by Crippen LogP contribution is -2.10. The van der Waals surface area contributed by atoms with Gasteiger partial charge in [0.2, 0.25) is 0 Å². The predicted octanol–water partition coefficient (Wildman–Crippen LogP) is 5.36. The molecule has 4 nitrogen and oxygen atoms in total. The van der Waals surface area contributed by atoms with Crippen LogP contribution in [-0.4, -0.2) is 22.8 Å². The lowest BCUT2D eigenvalue weighted by molar-refractivity contribution is 0.102. The summed E-state index contributed by atoms with van der Waals surface area (Å²) in [6.07, 6.45) is 4.41. The van der Waals surface area contributed by atoms with Crippen LogP contribution in [-0.2, 0) is 11.3 Å². The molecule has 0 aliphatic carbocycles. The Kier molecular flexibility index (Phi) is 5.44. The number of ether oxygens (including phenoxy) is 2. The normalized spacial score (nSPS) is 16.9. The fraction of sp³-hybridized carbons (Fsp3) is 0.435. The molecule has 142 valence electrons. The van der Waals surface area contributed by atoms with Gasteiger partial charge >= 0.3 is 0 Å². The number of hydrogen-bond acceptors (Lipinski definition) is 3. The molecule has 27 heavy (non-hydrogen) atoms. The highest BCUT2D eigenvalue weighted by Crippen LogP contribution is 2.30. The van der Waals surface area contributed by atoms with Crippen molar-refractivity contribution in [2.24, 2.45) is 0 Å². The molecule has 4 rings (SSSR count). The molecule has 1 aliphatic heterocycles. The van der Waals surface area contributed by atoms with Gasteiger partial charge in [0.1, 0.15) is 17.7 Å². The van der Waals surface area contributed by atoms with Crippen LogP contribution in [0.3, 0.4) is 0 Å². The van der Waals surface area contributed by atoms with E-state index in [-0.39, 0.29) is 6.10 Å². The summed E-state index contributed by atoms with van der Waals surface area (Å²) < 4.78 is 14.2. The molecule has 0 N–H and O–H groups in total. The van der Waals surface area contributed by atoms with Gasteiger partial charge in [-0.05, 0) is 74.9 Å². The zero-order valence-corrected chi connectivity index (χ0v) is 16.3. The molecule has 0 saturated carbocycles. The van der Waals surface area contributed by atoms with Crippen molar-refractivity contribution in [1.29, 1.82) is 0 Å². The first-order valence-electron chi connectivity index (χ1n) is 9.98. The molecular weight excluding hydrogens is 336 g/mol. The summed E-state index contributed by atoms with van der Waals surface area (Å²) >= 11 is 0. The minimum Gasteiger partial charge on any atom is -0.494 e. The second kappa shape index (κ2) is 8.13. The summed E-state index contributed by atoms with van der Waals surface area (Å²) in [5.74, 6) is 2.06. The van der Waals surface area contributed by atoms with Gasteiger partial charge in [-0.1, -0.05) is 18.2 Å². The average molecular weight is 364 g/mol. The van der Waals surface area contributed by atoms with Gasteiger partial charge in [-0.25, -0.2) is 4.98 Å². The Morgan fingerprint density at radius 2 is 1.93 bits per heavy atom. The number of para-hydroxylation sites is 2. The Hall–Kier alpha value is -2.33. The third kappa shape index (κ3) is 4.16. The Morgan fingerprint density at radius 1 is 1.11 bits per heavy atom. The molecule has 1 saturated heterocycles. The van der Waals surface area contributed by atoms with Crippen molar-refractivity contribution in [3.05, 3.63) is 59.4 Å². The van der Waals surface area contributed by atoms with Crippen molar-refractivity contribution < 1.29 is 9.47 Å². The highest BCUT2D eigenvalue weighted by Gasteiger charge is 2.24. The summed E-state index contributed by atoms with van der Waals surface area (Å²) in [4.78, 5) is 4.87. The molecule has 0 spiro atoms.